The molecule has 3 atom stereocenters. The molecule has 0 spiro atoms. The highest BCUT2D eigenvalue weighted by molar-refractivity contribution is 5.86. The molecule has 1 saturated heterocycles. The average molecular weight is 485 g/mol. The molecule has 7 heteroatoms. The SMILES string of the molecule is CN1CCN(Cc2ccc(-c3ccc(C[C@@H](C#N)NC(=O)C4(N)CCCC(C#N)C4)cc3)cc2)CC1. The standard InChI is InChI=1S/C29H36N6O/c1-34-13-15-35(16-14-34)21-23-6-10-26(11-7-23)25-8-4-22(5-9-25)17-27(20-31)33-28(36)29(32)12-2-3-24(18-29)19-30/h4-11,24,27H,2-3,12-18,21,32H2,1H3,(H,33,36)/t24?,27-,29?/m0/s1. The molecule has 2 fully saturated rings. The van der Waals surface area contributed by atoms with Crippen LogP contribution in [0.5, 0.6) is 0 Å². The van der Waals surface area contributed by atoms with Gasteiger partial charge in [0.05, 0.1) is 17.7 Å². The first-order valence-corrected chi connectivity index (χ1v) is 12.9. The van der Waals surface area contributed by atoms with Gasteiger partial charge in [-0.2, -0.15) is 10.5 Å². The van der Waals surface area contributed by atoms with Crippen LogP contribution in [0.2, 0.25) is 0 Å². The highest BCUT2D eigenvalue weighted by Gasteiger charge is 2.40. The molecule has 1 aliphatic heterocycles. The number of benzene rings is 2. The molecule has 188 valence electrons. The summed E-state index contributed by atoms with van der Waals surface area (Å²) in [6.07, 6.45) is 2.81. The summed E-state index contributed by atoms with van der Waals surface area (Å²) in [5.41, 5.74) is 9.84. The van der Waals surface area contributed by atoms with Gasteiger partial charge in [-0.15, -0.1) is 0 Å². The van der Waals surface area contributed by atoms with Crippen LogP contribution in [0.1, 0.15) is 36.8 Å². The van der Waals surface area contributed by atoms with Gasteiger partial charge in [-0.25, -0.2) is 0 Å². The summed E-state index contributed by atoms with van der Waals surface area (Å²) in [7, 11) is 2.17. The zero-order valence-corrected chi connectivity index (χ0v) is 21.1. The number of nitrogens with one attached hydrogen (secondary N) is 1. The summed E-state index contributed by atoms with van der Waals surface area (Å²) in [4.78, 5) is 17.7. The topological polar surface area (TPSA) is 109 Å². The van der Waals surface area contributed by atoms with E-state index in [-0.39, 0.29) is 11.8 Å². The molecule has 0 aromatic heterocycles. The fourth-order valence-corrected chi connectivity index (χ4v) is 5.19. The van der Waals surface area contributed by atoms with Crippen molar-refractivity contribution >= 4 is 5.91 Å². The van der Waals surface area contributed by atoms with E-state index < -0.39 is 11.6 Å². The number of nitrogens with two attached hydrogens (primary N) is 1. The van der Waals surface area contributed by atoms with Crippen molar-refractivity contribution in [3.05, 3.63) is 59.7 Å². The summed E-state index contributed by atoms with van der Waals surface area (Å²) in [6.45, 7) is 5.44. The number of nitriles is 2. The maximum absolute atomic E-state index is 12.8. The number of piperazine rings is 1. The van der Waals surface area contributed by atoms with Crippen LogP contribution < -0.4 is 11.1 Å². The molecule has 2 aliphatic rings. The van der Waals surface area contributed by atoms with E-state index in [4.69, 9.17) is 5.73 Å². The second-order valence-corrected chi connectivity index (χ2v) is 10.4. The Kier molecular flexibility index (Phi) is 8.38. The molecule has 2 aromatic carbocycles. The van der Waals surface area contributed by atoms with Crippen LogP contribution in [0.25, 0.3) is 11.1 Å². The summed E-state index contributed by atoms with van der Waals surface area (Å²) in [5.74, 6) is -0.536. The molecule has 1 aliphatic carbocycles. The van der Waals surface area contributed by atoms with E-state index in [1.165, 1.54) is 5.56 Å². The van der Waals surface area contributed by atoms with Crippen molar-refractivity contribution in [1.29, 1.82) is 10.5 Å². The second kappa shape index (κ2) is 11.7. The normalized spacial score (nSPS) is 23.8. The molecule has 36 heavy (non-hydrogen) atoms. The van der Waals surface area contributed by atoms with Gasteiger partial charge in [0, 0.05) is 45.1 Å². The van der Waals surface area contributed by atoms with Crippen LogP contribution in [-0.4, -0.2) is 60.5 Å². The number of amides is 1. The van der Waals surface area contributed by atoms with E-state index >= 15 is 0 Å². The van der Waals surface area contributed by atoms with Gasteiger partial charge in [0.1, 0.15) is 6.04 Å². The molecular weight excluding hydrogens is 448 g/mol. The van der Waals surface area contributed by atoms with E-state index in [1.807, 2.05) is 12.1 Å². The predicted octanol–water partition coefficient (Wildman–Crippen LogP) is 3.06. The van der Waals surface area contributed by atoms with Crippen LogP contribution >= 0.6 is 0 Å². The van der Waals surface area contributed by atoms with Crippen molar-refractivity contribution in [2.75, 3.05) is 33.2 Å². The molecule has 1 heterocycles. The van der Waals surface area contributed by atoms with Crippen LogP contribution in [0.15, 0.2) is 48.5 Å². The summed E-state index contributed by atoms with van der Waals surface area (Å²) >= 11 is 0. The van der Waals surface area contributed by atoms with Gasteiger partial charge in [-0.05, 0) is 55.0 Å². The van der Waals surface area contributed by atoms with Crippen molar-refractivity contribution in [3.63, 3.8) is 0 Å². The monoisotopic (exact) mass is 484 g/mol. The highest BCUT2D eigenvalue weighted by Crippen LogP contribution is 2.30. The highest BCUT2D eigenvalue weighted by atomic mass is 16.2. The van der Waals surface area contributed by atoms with Crippen molar-refractivity contribution in [1.82, 2.24) is 15.1 Å². The number of carbonyl (C=O) groups is 1. The van der Waals surface area contributed by atoms with E-state index in [9.17, 15) is 15.3 Å². The molecular formula is C29H36N6O. The maximum Gasteiger partial charge on any atom is 0.241 e. The molecule has 0 radical (unpaired) electrons. The minimum Gasteiger partial charge on any atom is -0.338 e. The third-order valence-electron chi connectivity index (χ3n) is 7.57. The zero-order valence-electron chi connectivity index (χ0n) is 21.1. The Morgan fingerprint density at radius 3 is 2.25 bits per heavy atom. The lowest BCUT2D eigenvalue weighted by Gasteiger charge is -2.34. The number of carbonyl (C=O) groups excluding carboxylic acids is 1. The van der Waals surface area contributed by atoms with Gasteiger partial charge in [0.15, 0.2) is 0 Å². The van der Waals surface area contributed by atoms with Gasteiger partial charge >= 0.3 is 0 Å². The summed E-state index contributed by atoms with van der Waals surface area (Å²) in [6, 6.07) is 20.6. The third-order valence-corrected chi connectivity index (χ3v) is 7.57. The maximum atomic E-state index is 12.8. The first-order chi connectivity index (χ1) is 17.4. The van der Waals surface area contributed by atoms with Gasteiger partial charge in [0.25, 0.3) is 0 Å². The van der Waals surface area contributed by atoms with E-state index in [0.29, 0.717) is 19.3 Å². The largest absolute Gasteiger partial charge is 0.338 e. The lowest BCUT2D eigenvalue weighted by molar-refractivity contribution is -0.128. The van der Waals surface area contributed by atoms with E-state index in [1.54, 1.807) is 0 Å². The van der Waals surface area contributed by atoms with E-state index in [2.05, 4.69) is 70.7 Å². The van der Waals surface area contributed by atoms with Crippen molar-refractivity contribution < 1.29 is 4.79 Å². The van der Waals surface area contributed by atoms with Crippen molar-refractivity contribution in [2.24, 2.45) is 11.7 Å². The molecule has 2 unspecified atom stereocenters. The fourth-order valence-electron chi connectivity index (χ4n) is 5.19. The van der Waals surface area contributed by atoms with Crippen LogP contribution in [-0.2, 0) is 17.8 Å². The fraction of sp³-hybridized carbons (Fsp3) is 0.483. The minimum absolute atomic E-state index is 0.205. The smallest absolute Gasteiger partial charge is 0.241 e. The van der Waals surface area contributed by atoms with E-state index in [0.717, 1.165) is 62.3 Å². The molecule has 1 saturated carbocycles. The minimum atomic E-state index is -1.08. The summed E-state index contributed by atoms with van der Waals surface area (Å²) < 4.78 is 0. The molecule has 0 bridgehead atoms. The first kappa shape index (κ1) is 25.9. The average Bonchev–Trinajstić information content (AvgIpc) is 2.90. The van der Waals surface area contributed by atoms with Gasteiger partial charge < -0.3 is 16.0 Å². The lowest BCUT2D eigenvalue weighted by atomic mass is 9.76. The third kappa shape index (κ3) is 6.50. The number of likely N-dealkylation sites (N-methyl/N-ethyl adjacent to an activating group) is 1. The zero-order chi connectivity index (χ0) is 25.5. The Balaban J connectivity index is 1.32. The Morgan fingerprint density at radius 1 is 1.06 bits per heavy atom. The van der Waals surface area contributed by atoms with Crippen LogP contribution in [0.3, 0.4) is 0 Å². The molecule has 3 N–H and O–H groups in total. The first-order valence-electron chi connectivity index (χ1n) is 12.9. The number of rotatable bonds is 7. The molecule has 1 amide bonds. The van der Waals surface area contributed by atoms with Gasteiger partial charge in [-0.1, -0.05) is 48.5 Å². The quantitative estimate of drug-likeness (QED) is 0.625. The Labute approximate surface area is 214 Å². The summed E-state index contributed by atoms with van der Waals surface area (Å²) in [5, 5.41) is 21.7. The second-order valence-electron chi connectivity index (χ2n) is 10.4. The number of hydrogen-bond acceptors (Lipinski definition) is 6. The van der Waals surface area contributed by atoms with Crippen molar-refractivity contribution in [3.8, 4) is 23.3 Å². The Bertz CT molecular complexity index is 1110. The van der Waals surface area contributed by atoms with Crippen LogP contribution in [0.4, 0.5) is 0 Å². The number of hydrogen-bond donors (Lipinski definition) is 2. The molecule has 2 aromatic rings. The molecule has 7 nitrogen and oxygen atoms in total. The Hall–Kier alpha value is -3.23. The predicted molar refractivity (Wildman–Crippen MR) is 140 cm³/mol. The molecule has 4 rings (SSSR count). The van der Waals surface area contributed by atoms with Crippen LogP contribution in [0, 0.1) is 28.6 Å². The number of nitrogens with zero attached hydrogens (tertiary/aromatic N) is 4. The van der Waals surface area contributed by atoms with Crippen molar-refractivity contribution in [2.45, 2.75) is 50.2 Å². The lowest BCUT2D eigenvalue weighted by Crippen LogP contribution is -2.58. The van der Waals surface area contributed by atoms with Gasteiger partial charge in [0.2, 0.25) is 5.91 Å². The van der Waals surface area contributed by atoms with Gasteiger partial charge in [-0.3, -0.25) is 9.69 Å². The Morgan fingerprint density at radius 2 is 1.67 bits per heavy atom.